The van der Waals surface area contributed by atoms with Crippen molar-refractivity contribution in [2.75, 3.05) is 5.32 Å². The summed E-state index contributed by atoms with van der Waals surface area (Å²) >= 11 is 12.6. The predicted octanol–water partition coefficient (Wildman–Crippen LogP) is 7.55. The Hall–Kier alpha value is -4.69. The molecule has 0 radical (unpaired) electrons. The molecule has 2 heterocycles. The van der Waals surface area contributed by atoms with Crippen molar-refractivity contribution in [3.8, 4) is 11.1 Å². The molecule has 0 aliphatic rings. The minimum atomic E-state index is -1.55. The number of imidazole rings is 1. The first-order chi connectivity index (χ1) is 20.8. The van der Waals surface area contributed by atoms with E-state index in [0.717, 1.165) is 22.1 Å². The average Bonchev–Trinajstić information content (AvgIpc) is 3.46. The Balaban J connectivity index is 1.46. The van der Waals surface area contributed by atoms with E-state index < -0.39 is 5.60 Å². The quantitative estimate of drug-likeness (QED) is 0.175. The van der Waals surface area contributed by atoms with E-state index in [9.17, 15) is 9.90 Å². The van der Waals surface area contributed by atoms with Gasteiger partial charge in [0.2, 0.25) is 0 Å². The van der Waals surface area contributed by atoms with Gasteiger partial charge >= 0.3 is 6.03 Å². The van der Waals surface area contributed by atoms with Crippen LogP contribution < -0.4 is 10.6 Å². The first kappa shape index (κ1) is 28.4. The summed E-state index contributed by atoms with van der Waals surface area (Å²) in [6.45, 7) is 0.377. The number of halogens is 2. The Morgan fingerprint density at radius 1 is 0.884 bits per heavy atom. The summed E-state index contributed by atoms with van der Waals surface area (Å²) in [7, 11) is 1.84. The highest BCUT2D eigenvalue weighted by molar-refractivity contribution is 6.31. The van der Waals surface area contributed by atoms with Crippen LogP contribution in [0.1, 0.15) is 22.4 Å². The number of nitrogens with one attached hydrogen (secondary N) is 2. The van der Waals surface area contributed by atoms with E-state index in [4.69, 9.17) is 28.2 Å². The molecule has 1 atom stereocenters. The molecule has 9 heteroatoms. The topological polar surface area (TPSA) is 92.1 Å². The molecule has 7 nitrogen and oxygen atoms in total. The van der Waals surface area contributed by atoms with Crippen molar-refractivity contribution in [3.63, 3.8) is 0 Å². The number of carbonyl (C=O) groups excluding carboxylic acids is 1. The number of aryl methyl sites for hydroxylation is 1. The normalized spacial score (nSPS) is 12.6. The molecule has 43 heavy (non-hydrogen) atoms. The number of anilines is 1. The monoisotopic (exact) mass is 607 g/mol. The summed E-state index contributed by atoms with van der Waals surface area (Å²) < 4.78 is 1.79. The molecule has 3 N–H and O–H groups in total. The largest absolute Gasteiger partial charge is 0.374 e. The van der Waals surface area contributed by atoms with Gasteiger partial charge in [-0.3, -0.25) is 5.32 Å². The lowest BCUT2D eigenvalue weighted by molar-refractivity contribution is 0.117. The zero-order valence-electron chi connectivity index (χ0n) is 23.1. The van der Waals surface area contributed by atoms with Crippen LogP contribution in [-0.2, 0) is 19.2 Å². The maximum Gasteiger partial charge on any atom is 0.320 e. The fraction of sp³-hybridized carbons (Fsp3) is 0.0882. The Labute approximate surface area is 258 Å². The molecule has 0 saturated carbocycles. The summed E-state index contributed by atoms with van der Waals surface area (Å²) in [5, 5.41) is 20.1. The second kappa shape index (κ2) is 11.9. The van der Waals surface area contributed by atoms with Crippen molar-refractivity contribution < 1.29 is 9.90 Å². The SMILES string of the molecule is Cn1cncc1C(O)(c1ccc(Cl)cc1)c1ccc2nc(NC(=O)NCc3ccccc3)cc(-c3cccc(Cl)c3)c2c1. The minimum Gasteiger partial charge on any atom is -0.374 e. The van der Waals surface area contributed by atoms with Gasteiger partial charge in [-0.2, -0.15) is 0 Å². The third kappa shape index (κ3) is 5.83. The zero-order valence-corrected chi connectivity index (χ0v) is 24.6. The van der Waals surface area contributed by atoms with Crippen molar-refractivity contribution >= 4 is 46.0 Å². The number of hydrogen-bond acceptors (Lipinski definition) is 4. The molecule has 1 unspecified atom stereocenters. The van der Waals surface area contributed by atoms with E-state index in [2.05, 4.69) is 15.6 Å². The van der Waals surface area contributed by atoms with Crippen LogP contribution in [-0.4, -0.2) is 25.7 Å². The van der Waals surface area contributed by atoms with Crippen LogP contribution in [0.5, 0.6) is 0 Å². The number of pyridine rings is 1. The van der Waals surface area contributed by atoms with Crippen LogP contribution in [0.25, 0.3) is 22.0 Å². The van der Waals surface area contributed by atoms with Crippen molar-refractivity contribution in [1.82, 2.24) is 19.9 Å². The van der Waals surface area contributed by atoms with E-state index in [1.807, 2.05) is 79.8 Å². The molecule has 2 amide bonds. The second-order valence-corrected chi connectivity index (χ2v) is 11.1. The van der Waals surface area contributed by atoms with Gasteiger partial charge in [0, 0.05) is 29.0 Å². The number of aliphatic hydroxyl groups is 1. The number of urea groups is 1. The Morgan fingerprint density at radius 2 is 1.65 bits per heavy atom. The zero-order chi connectivity index (χ0) is 30.0. The Morgan fingerprint density at radius 3 is 2.37 bits per heavy atom. The van der Waals surface area contributed by atoms with Crippen LogP contribution in [0.3, 0.4) is 0 Å². The van der Waals surface area contributed by atoms with Crippen LogP contribution in [0, 0.1) is 0 Å². The van der Waals surface area contributed by atoms with Gasteiger partial charge < -0.3 is 15.0 Å². The molecular weight excluding hydrogens is 581 g/mol. The number of carbonyl (C=O) groups is 1. The molecule has 0 spiro atoms. The smallest absolute Gasteiger partial charge is 0.320 e. The lowest BCUT2D eigenvalue weighted by Gasteiger charge is -2.30. The van der Waals surface area contributed by atoms with E-state index in [1.54, 1.807) is 47.4 Å². The van der Waals surface area contributed by atoms with Gasteiger partial charge in [-0.1, -0.05) is 83.9 Å². The van der Waals surface area contributed by atoms with Gasteiger partial charge in [0.1, 0.15) is 5.82 Å². The lowest BCUT2D eigenvalue weighted by atomic mass is 9.82. The van der Waals surface area contributed by atoms with Gasteiger partial charge in [0.15, 0.2) is 5.60 Å². The van der Waals surface area contributed by atoms with Gasteiger partial charge in [-0.05, 0) is 70.3 Å². The summed E-state index contributed by atoms with van der Waals surface area (Å²) in [6.07, 6.45) is 3.30. The first-order valence-electron chi connectivity index (χ1n) is 13.6. The highest BCUT2D eigenvalue weighted by atomic mass is 35.5. The molecule has 4 aromatic carbocycles. The molecule has 0 aliphatic carbocycles. The lowest BCUT2D eigenvalue weighted by Crippen LogP contribution is -2.31. The van der Waals surface area contributed by atoms with Crippen molar-refractivity contribution in [2.45, 2.75) is 12.1 Å². The molecule has 0 bridgehead atoms. The van der Waals surface area contributed by atoms with Crippen LogP contribution >= 0.6 is 23.2 Å². The number of fused-ring (bicyclic) bond motifs is 1. The number of hydrogen-bond donors (Lipinski definition) is 3. The Kier molecular flexibility index (Phi) is 7.86. The fourth-order valence-electron chi connectivity index (χ4n) is 5.21. The first-order valence-corrected chi connectivity index (χ1v) is 14.3. The summed E-state index contributed by atoms with van der Waals surface area (Å²) in [6, 6.07) is 31.3. The predicted molar refractivity (Wildman–Crippen MR) is 171 cm³/mol. The molecule has 6 rings (SSSR count). The van der Waals surface area contributed by atoms with Crippen molar-refractivity contribution in [1.29, 1.82) is 0 Å². The molecule has 2 aromatic heterocycles. The number of aromatic nitrogens is 3. The maximum atomic E-state index is 12.8. The molecule has 0 saturated heterocycles. The van der Waals surface area contributed by atoms with E-state index in [-0.39, 0.29) is 6.03 Å². The highest BCUT2D eigenvalue weighted by Gasteiger charge is 2.37. The third-order valence-corrected chi connectivity index (χ3v) is 7.84. The van der Waals surface area contributed by atoms with Gasteiger partial charge in [0.05, 0.1) is 23.7 Å². The third-order valence-electron chi connectivity index (χ3n) is 7.35. The van der Waals surface area contributed by atoms with E-state index in [1.165, 1.54) is 0 Å². The average molecular weight is 609 g/mol. The molecule has 0 fully saturated rings. The number of rotatable bonds is 7. The molecule has 0 aliphatic heterocycles. The van der Waals surface area contributed by atoms with Gasteiger partial charge in [-0.25, -0.2) is 14.8 Å². The molecule has 214 valence electrons. The van der Waals surface area contributed by atoms with E-state index in [0.29, 0.717) is 44.7 Å². The second-order valence-electron chi connectivity index (χ2n) is 10.2. The highest BCUT2D eigenvalue weighted by Crippen LogP contribution is 2.40. The van der Waals surface area contributed by atoms with Crippen LogP contribution in [0.4, 0.5) is 10.6 Å². The number of amides is 2. The standard InChI is InChI=1S/C34H27Cl2N5O2/c1-41-21-37-20-31(41)34(43,24-10-13-26(35)14-11-24)25-12-15-30-29(17-25)28(23-8-5-9-27(36)16-23)18-32(39-30)40-33(42)38-19-22-6-3-2-4-7-22/h2-18,20-21,43H,19H2,1H3,(H2,38,39,40,42). The summed E-state index contributed by atoms with van der Waals surface area (Å²) in [4.78, 5) is 21.8. The number of benzene rings is 4. The Bertz CT molecular complexity index is 1930. The number of nitrogens with zero attached hydrogens (tertiary/aromatic N) is 3. The van der Waals surface area contributed by atoms with Gasteiger partial charge in [0.25, 0.3) is 0 Å². The fourth-order valence-corrected chi connectivity index (χ4v) is 5.52. The molecular formula is C34H27Cl2N5O2. The summed E-state index contributed by atoms with van der Waals surface area (Å²) in [5.74, 6) is 0.375. The van der Waals surface area contributed by atoms with Gasteiger partial charge in [-0.15, -0.1) is 0 Å². The van der Waals surface area contributed by atoms with Crippen LogP contribution in [0.2, 0.25) is 10.0 Å². The van der Waals surface area contributed by atoms with Crippen molar-refractivity contribution in [3.05, 3.63) is 148 Å². The molecule has 6 aromatic rings. The van der Waals surface area contributed by atoms with Crippen LogP contribution in [0.15, 0.2) is 116 Å². The van der Waals surface area contributed by atoms with Crippen molar-refractivity contribution in [2.24, 2.45) is 7.05 Å². The maximum absolute atomic E-state index is 12.8. The summed E-state index contributed by atoms with van der Waals surface area (Å²) in [5.41, 5.74) is 3.50. The van der Waals surface area contributed by atoms with E-state index >= 15 is 0 Å². The minimum absolute atomic E-state index is 0.375.